The number of carboxylic acids is 1. The van der Waals surface area contributed by atoms with Crippen LogP contribution >= 0.6 is 0 Å². The maximum Gasteiger partial charge on any atom is 0.306 e. The van der Waals surface area contributed by atoms with Crippen LogP contribution in [0.3, 0.4) is 0 Å². The van der Waals surface area contributed by atoms with Gasteiger partial charge in [0.05, 0.1) is 31.2 Å². The summed E-state index contributed by atoms with van der Waals surface area (Å²) in [5.74, 6) is -1.80. The van der Waals surface area contributed by atoms with Gasteiger partial charge in [0.1, 0.15) is 6.04 Å². The first kappa shape index (κ1) is 38.8. The Kier molecular flexibility index (Phi) is 19.5. The number of aliphatic carboxylic acids is 1. The van der Waals surface area contributed by atoms with Gasteiger partial charge in [-0.05, 0) is 50.6 Å². The lowest BCUT2D eigenvalue weighted by atomic mass is 9.90. The van der Waals surface area contributed by atoms with Crippen molar-refractivity contribution in [3.05, 3.63) is 0 Å². The Morgan fingerprint density at radius 3 is 2.02 bits per heavy atom. The molecule has 240 valence electrons. The number of carbonyl (C=O) groups is 4. The summed E-state index contributed by atoms with van der Waals surface area (Å²) in [6.07, 6.45) is 4.55. The van der Waals surface area contributed by atoms with Crippen LogP contribution in [-0.2, 0) is 28.7 Å². The average Bonchev–Trinajstić information content (AvgIpc) is 2.89. The molecule has 0 heterocycles. The van der Waals surface area contributed by atoms with Crippen LogP contribution in [0.1, 0.15) is 99.8 Å². The van der Waals surface area contributed by atoms with Crippen LogP contribution in [0.5, 0.6) is 0 Å². The summed E-state index contributed by atoms with van der Waals surface area (Å²) < 4.78 is 10.7. The molecule has 0 unspecified atom stereocenters. The van der Waals surface area contributed by atoms with Crippen LogP contribution in [-0.4, -0.2) is 97.2 Å². The highest BCUT2D eigenvalue weighted by Crippen LogP contribution is 2.23. The predicted molar refractivity (Wildman–Crippen MR) is 161 cm³/mol. The third-order valence-corrected chi connectivity index (χ3v) is 7.84. The average molecular weight is 586 g/mol. The summed E-state index contributed by atoms with van der Waals surface area (Å²) in [5.41, 5.74) is 0. The van der Waals surface area contributed by atoms with Crippen LogP contribution < -0.4 is 5.32 Å². The molecule has 0 radical (unpaired) electrons. The molecule has 0 saturated carbocycles. The number of carbonyl (C=O) groups excluding carboxylic acids is 3. The molecule has 0 aliphatic carbocycles. The minimum Gasteiger partial charge on any atom is -0.481 e. The van der Waals surface area contributed by atoms with E-state index in [2.05, 4.69) is 12.2 Å². The van der Waals surface area contributed by atoms with E-state index in [4.69, 9.17) is 9.47 Å². The lowest BCUT2D eigenvalue weighted by molar-refractivity contribution is -0.148. The van der Waals surface area contributed by atoms with Crippen molar-refractivity contribution >= 4 is 23.8 Å². The van der Waals surface area contributed by atoms with Gasteiger partial charge in [-0.3, -0.25) is 24.1 Å². The Morgan fingerprint density at radius 1 is 0.902 bits per heavy atom. The van der Waals surface area contributed by atoms with Gasteiger partial charge >= 0.3 is 11.9 Å². The highest BCUT2D eigenvalue weighted by Gasteiger charge is 2.38. The van der Waals surface area contributed by atoms with Crippen LogP contribution in [0.4, 0.5) is 0 Å². The highest BCUT2D eigenvalue weighted by atomic mass is 16.5. The fourth-order valence-corrected chi connectivity index (χ4v) is 5.23. The van der Waals surface area contributed by atoms with E-state index in [0.717, 1.165) is 38.5 Å². The van der Waals surface area contributed by atoms with Gasteiger partial charge in [-0.25, -0.2) is 0 Å². The number of unbranched alkanes of at least 4 members (excludes halogenated alkanes) is 3. The number of amides is 2. The highest BCUT2D eigenvalue weighted by molar-refractivity contribution is 5.90. The lowest BCUT2D eigenvalue weighted by Crippen LogP contribution is -2.59. The first-order valence-corrected chi connectivity index (χ1v) is 15.4. The monoisotopic (exact) mass is 585 g/mol. The minimum absolute atomic E-state index is 0.00971. The summed E-state index contributed by atoms with van der Waals surface area (Å²) >= 11 is 0. The minimum atomic E-state index is -0.991. The third kappa shape index (κ3) is 14.0. The number of hydrogen-bond donors (Lipinski definition) is 2. The molecule has 0 aromatic heterocycles. The first-order chi connectivity index (χ1) is 19.2. The molecule has 0 fully saturated rings. The van der Waals surface area contributed by atoms with Crippen molar-refractivity contribution in [2.45, 2.75) is 124 Å². The van der Waals surface area contributed by atoms with Crippen molar-refractivity contribution in [3.63, 3.8) is 0 Å². The summed E-state index contributed by atoms with van der Waals surface area (Å²) in [6, 6.07) is -1.66. The smallest absolute Gasteiger partial charge is 0.306 e. The van der Waals surface area contributed by atoms with Gasteiger partial charge < -0.3 is 24.8 Å². The van der Waals surface area contributed by atoms with Gasteiger partial charge in [0.2, 0.25) is 11.8 Å². The summed E-state index contributed by atoms with van der Waals surface area (Å²) in [5, 5.41) is 12.4. The molecule has 5 atom stereocenters. The molecule has 0 spiro atoms. The van der Waals surface area contributed by atoms with Gasteiger partial charge in [0.15, 0.2) is 0 Å². The number of rotatable bonds is 22. The number of nitrogens with zero attached hydrogens (tertiary/aromatic N) is 2. The van der Waals surface area contributed by atoms with Crippen molar-refractivity contribution in [1.29, 1.82) is 0 Å². The van der Waals surface area contributed by atoms with E-state index in [1.54, 1.807) is 11.9 Å². The Balaban J connectivity index is 5.41. The lowest BCUT2D eigenvalue weighted by Gasteiger charge is -2.40. The maximum absolute atomic E-state index is 13.8. The molecule has 0 aliphatic rings. The van der Waals surface area contributed by atoms with Crippen molar-refractivity contribution in [1.82, 2.24) is 15.1 Å². The van der Waals surface area contributed by atoms with Crippen molar-refractivity contribution in [2.24, 2.45) is 17.8 Å². The SMILES string of the molecule is CCCCOC(=O)CCCCCN(C)[C@H](C(=O)N[C@H](C(=O)N(C)[C@@H]([C@@H](C)CC)[C@@H](CC(=O)O)OC)C(C)C)C(C)C. The summed E-state index contributed by atoms with van der Waals surface area (Å²) in [7, 11) is 5.04. The number of carboxylic acid groups (broad SMARTS) is 1. The van der Waals surface area contributed by atoms with Crippen molar-refractivity contribution in [3.8, 4) is 0 Å². The number of hydrogen-bond acceptors (Lipinski definition) is 7. The normalized spacial score (nSPS) is 15.3. The molecule has 10 heteroatoms. The van der Waals surface area contributed by atoms with Gasteiger partial charge in [-0.2, -0.15) is 0 Å². The Morgan fingerprint density at radius 2 is 1.54 bits per heavy atom. The number of esters is 1. The Bertz CT molecular complexity index is 790. The van der Waals surface area contributed by atoms with E-state index in [1.807, 2.05) is 53.5 Å². The van der Waals surface area contributed by atoms with Crippen LogP contribution in [0, 0.1) is 17.8 Å². The van der Waals surface area contributed by atoms with Gasteiger partial charge in [0.25, 0.3) is 0 Å². The van der Waals surface area contributed by atoms with E-state index in [9.17, 15) is 24.3 Å². The first-order valence-electron chi connectivity index (χ1n) is 15.4. The molecule has 0 saturated heterocycles. The molecule has 0 aromatic rings. The fraction of sp³-hybridized carbons (Fsp3) is 0.871. The van der Waals surface area contributed by atoms with E-state index in [-0.39, 0.29) is 42.0 Å². The Labute approximate surface area is 248 Å². The summed E-state index contributed by atoms with van der Waals surface area (Å²) in [6.45, 7) is 14.9. The molecule has 0 bridgehead atoms. The molecule has 2 amide bonds. The van der Waals surface area contributed by atoms with Gasteiger partial charge in [0, 0.05) is 20.6 Å². The molecule has 10 nitrogen and oxygen atoms in total. The van der Waals surface area contributed by atoms with E-state index >= 15 is 0 Å². The van der Waals surface area contributed by atoms with Gasteiger partial charge in [-0.15, -0.1) is 0 Å². The molecule has 0 aliphatic heterocycles. The second-order valence-electron chi connectivity index (χ2n) is 12.0. The quantitative estimate of drug-likeness (QED) is 0.142. The standard InChI is InChI=1S/C31H59N3O7/c1-11-13-19-41-26(37)17-15-14-16-18-33(8)28(22(5)6)30(38)32-27(21(3)4)31(39)34(9)29(23(7)12-2)24(40-10)20-25(35)36/h21-24,27-29H,11-20H2,1-10H3,(H,32,38)(H,35,36)/t23-,24+,27-,28-,29-/m0/s1. The fourth-order valence-electron chi connectivity index (χ4n) is 5.23. The largest absolute Gasteiger partial charge is 0.481 e. The van der Waals surface area contributed by atoms with Crippen LogP contribution in [0.25, 0.3) is 0 Å². The Hall–Kier alpha value is -2.20. The van der Waals surface area contributed by atoms with E-state index in [1.165, 1.54) is 7.11 Å². The van der Waals surface area contributed by atoms with Crippen molar-refractivity contribution < 1.29 is 33.8 Å². The summed E-state index contributed by atoms with van der Waals surface area (Å²) in [4.78, 5) is 54.3. The van der Waals surface area contributed by atoms with Crippen LogP contribution in [0.2, 0.25) is 0 Å². The molecular formula is C31H59N3O7. The van der Waals surface area contributed by atoms with Gasteiger partial charge in [-0.1, -0.05) is 67.7 Å². The number of ether oxygens (including phenoxy) is 2. The second-order valence-corrected chi connectivity index (χ2v) is 12.0. The zero-order valence-electron chi connectivity index (χ0n) is 27.4. The molecule has 0 rings (SSSR count). The molecule has 2 N–H and O–H groups in total. The topological polar surface area (TPSA) is 125 Å². The van der Waals surface area contributed by atoms with E-state index < -0.39 is 30.2 Å². The number of likely N-dealkylation sites (N-methyl/N-ethyl adjacent to an activating group) is 2. The van der Waals surface area contributed by atoms with Crippen molar-refractivity contribution in [2.75, 3.05) is 34.4 Å². The van der Waals surface area contributed by atoms with E-state index in [0.29, 0.717) is 19.6 Å². The zero-order valence-corrected chi connectivity index (χ0v) is 27.4. The second kappa shape index (κ2) is 20.6. The molecule has 0 aromatic carbocycles. The maximum atomic E-state index is 13.8. The predicted octanol–water partition coefficient (Wildman–Crippen LogP) is 4.35. The third-order valence-electron chi connectivity index (χ3n) is 7.84. The number of methoxy groups -OCH3 is 1. The molecule has 41 heavy (non-hydrogen) atoms. The zero-order chi connectivity index (χ0) is 31.7. The van der Waals surface area contributed by atoms with Crippen LogP contribution in [0.15, 0.2) is 0 Å². The number of nitrogens with one attached hydrogen (secondary N) is 1. The molecular weight excluding hydrogens is 526 g/mol.